The van der Waals surface area contributed by atoms with Crippen molar-refractivity contribution < 1.29 is 13.9 Å². The van der Waals surface area contributed by atoms with Gasteiger partial charge < -0.3 is 5.11 Å². The second-order valence-corrected chi connectivity index (χ2v) is 1.43. The smallest absolute Gasteiger partial charge is 0.384 e. The van der Waals surface area contributed by atoms with Gasteiger partial charge in [0, 0.05) is 0 Å². The Morgan fingerprint density at radius 2 is 2.12 bits per heavy atom. The van der Waals surface area contributed by atoms with E-state index < -0.39 is 12.0 Å². The number of hydrogen-bond donors (Lipinski definition) is 1. The summed E-state index contributed by atoms with van der Waals surface area (Å²) in [6.07, 6.45) is 0. The van der Waals surface area contributed by atoms with Crippen molar-refractivity contribution >= 4 is 11.6 Å². The van der Waals surface area contributed by atoms with Gasteiger partial charge in [-0.2, -0.15) is 8.78 Å². The van der Waals surface area contributed by atoms with Crippen LogP contribution in [-0.4, -0.2) is 17.1 Å². The van der Waals surface area contributed by atoms with Crippen LogP contribution in [0.1, 0.15) is 0 Å². The molecule has 0 aromatic carbocycles. The number of aliphatic hydroxyl groups excluding tert-OH is 1. The molecule has 0 fully saturated rings. The van der Waals surface area contributed by atoms with Gasteiger partial charge >= 0.3 is 5.38 Å². The fraction of sp³-hybridized carbons (Fsp3) is 0.500. The quantitative estimate of drug-likeness (QED) is 0.390. The van der Waals surface area contributed by atoms with Gasteiger partial charge in [-0.1, -0.05) is 5.92 Å². The minimum atomic E-state index is -3.50. The molecular weight excluding hydrogens is 137 g/mol. The highest BCUT2D eigenvalue weighted by molar-refractivity contribution is 6.23. The highest BCUT2D eigenvalue weighted by Gasteiger charge is 2.19. The molecule has 0 heterocycles. The molecule has 0 unspecified atom stereocenters. The summed E-state index contributed by atoms with van der Waals surface area (Å²) in [6, 6.07) is 0. The summed E-state index contributed by atoms with van der Waals surface area (Å²) in [7, 11) is 0. The van der Waals surface area contributed by atoms with E-state index in [0.29, 0.717) is 0 Å². The van der Waals surface area contributed by atoms with E-state index in [1.165, 1.54) is 5.92 Å². The van der Waals surface area contributed by atoms with E-state index in [1.807, 2.05) is 0 Å². The number of alkyl halides is 3. The van der Waals surface area contributed by atoms with Crippen molar-refractivity contribution in [3.8, 4) is 11.8 Å². The predicted octanol–water partition coefficient (Wildman–Crippen LogP) is 0.814. The molecule has 46 valence electrons. The SMILES string of the molecule is OCC#CC(F)(F)Cl. The molecule has 0 saturated carbocycles. The summed E-state index contributed by atoms with van der Waals surface area (Å²) in [5.41, 5.74) is 0. The van der Waals surface area contributed by atoms with Crippen LogP contribution in [0.2, 0.25) is 0 Å². The first kappa shape index (κ1) is 7.67. The van der Waals surface area contributed by atoms with Gasteiger partial charge in [-0.3, -0.25) is 0 Å². The molecule has 1 nitrogen and oxygen atoms in total. The number of halogens is 3. The summed E-state index contributed by atoms with van der Waals surface area (Å²) in [4.78, 5) is 0. The van der Waals surface area contributed by atoms with Crippen LogP contribution in [0, 0.1) is 11.8 Å². The van der Waals surface area contributed by atoms with Crippen molar-refractivity contribution in [2.45, 2.75) is 5.38 Å². The van der Waals surface area contributed by atoms with Crippen molar-refractivity contribution in [2.24, 2.45) is 0 Å². The fourth-order valence-electron chi connectivity index (χ4n) is 0.140. The third-order valence-electron chi connectivity index (χ3n) is 0.309. The van der Waals surface area contributed by atoms with E-state index in [4.69, 9.17) is 5.11 Å². The standard InChI is InChI=1S/C4H3ClF2O/c5-4(6,7)2-1-3-8/h8H,3H2. The van der Waals surface area contributed by atoms with Gasteiger partial charge in [0.15, 0.2) is 0 Å². The lowest BCUT2D eigenvalue weighted by Crippen LogP contribution is -1.99. The van der Waals surface area contributed by atoms with Crippen LogP contribution in [0.4, 0.5) is 8.78 Å². The summed E-state index contributed by atoms with van der Waals surface area (Å²) in [5.74, 6) is 3.02. The van der Waals surface area contributed by atoms with Crippen LogP contribution < -0.4 is 0 Å². The van der Waals surface area contributed by atoms with Crippen LogP contribution in [0.25, 0.3) is 0 Å². The Bertz CT molecular complexity index is 118. The Balaban J connectivity index is 3.69. The van der Waals surface area contributed by atoms with Crippen LogP contribution >= 0.6 is 11.6 Å². The lowest BCUT2D eigenvalue weighted by molar-refractivity contribution is 0.164. The van der Waals surface area contributed by atoms with Crippen LogP contribution in [0.3, 0.4) is 0 Å². The first-order chi connectivity index (χ1) is 3.56. The predicted molar refractivity (Wildman–Crippen MR) is 25.7 cm³/mol. The lowest BCUT2D eigenvalue weighted by atomic mass is 10.6. The minimum absolute atomic E-state index is 0.595. The molecule has 0 aliphatic carbocycles. The monoisotopic (exact) mass is 140 g/mol. The molecule has 0 bridgehead atoms. The van der Waals surface area contributed by atoms with E-state index in [0.717, 1.165) is 0 Å². The molecule has 0 aliphatic heterocycles. The van der Waals surface area contributed by atoms with Crippen molar-refractivity contribution in [2.75, 3.05) is 6.61 Å². The Hall–Kier alpha value is -0.330. The van der Waals surface area contributed by atoms with Crippen molar-refractivity contribution in [3.05, 3.63) is 0 Å². The zero-order valence-corrected chi connectivity index (χ0v) is 4.54. The molecule has 0 aliphatic rings. The first-order valence-electron chi connectivity index (χ1n) is 1.74. The maximum absolute atomic E-state index is 11.4. The van der Waals surface area contributed by atoms with Gasteiger partial charge in [-0.05, 0) is 17.5 Å². The average Bonchev–Trinajstić information content (AvgIpc) is 1.59. The zero-order chi connectivity index (χ0) is 6.62. The fourth-order valence-corrected chi connectivity index (χ4v) is 0.207. The van der Waals surface area contributed by atoms with Gasteiger partial charge in [0.25, 0.3) is 0 Å². The Labute approximate surface area is 50.3 Å². The molecule has 8 heavy (non-hydrogen) atoms. The largest absolute Gasteiger partial charge is 0.386 e. The van der Waals surface area contributed by atoms with Gasteiger partial charge in [0.2, 0.25) is 0 Å². The zero-order valence-electron chi connectivity index (χ0n) is 3.79. The average molecular weight is 141 g/mol. The van der Waals surface area contributed by atoms with E-state index in [1.54, 1.807) is 5.92 Å². The van der Waals surface area contributed by atoms with Gasteiger partial charge in [-0.25, -0.2) is 0 Å². The molecule has 0 rings (SSSR count). The molecule has 0 saturated heterocycles. The summed E-state index contributed by atoms with van der Waals surface area (Å²) < 4.78 is 22.8. The van der Waals surface area contributed by atoms with Gasteiger partial charge in [0.05, 0.1) is 0 Å². The number of hydrogen-bond acceptors (Lipinski definition) is 1. The molecule has 0 amide bonds. The van der Waals surface area contributed by atoms with Crippen LogP contribution in [-0.2, 0) is 0 Å². The molecule has 0 aromatic rings. The van der Waals surface area contributed by atoms with E-state index in [2.05, 4.69) is 11.6 Å². The van der Waals surface area contributed by atoms with Crippen molar-refractivity contribution in [1.29, 1.82) is 0 Å². The Kier molecular flexibility index (Phi) is 2.74. The molecule has 0 radical (unpaired) electrons. The minimum Gasteiger partial charge on any atom is -0.384 e. The van der Waals surface area contributed by atoms with Gasteiger partial charge in [0.1, 0.15) is 6.61 Å². The van der Waals surface area contributed by atoms with E-state index in [-0.39, 0.29) is 0 Å². The molecule has 0 atom stereocenters. The topological polar surface area (TPSA) is 20.2 Å². The van der Waals surface area contributed by atoms with Gasteiger partial charge in [-0.15, -0.1) is 0 Å². The molecule has 0 spiro atoms. The highest BCUT2D eigenvalue weighted by atomic mass is 35.5. The first-order valence-corrected chi connectivity index (χ1v) is 2.11. The normalized spacial score (nSPS) is 10.0. The number of aliphatic hydroxyl groups is 1. The third kappa shape index (κ3) is 5.67. The van der Waals surface area contributed by atoms with E-state index in [9.17, 15) is 8.78 Å². The Morgan fingerprint density at radius 3 is 2.25 bits per heavy atom. The number of rotatable bonds is 0. The lowest BCUT2D eigenvalue weighted by Gasteiger charge is -1.91. The Morgan fingerprint density at radius 1 is 1.62 bits per heavy atom. The summed E-state index contributed by atoms with van der Waals surface area (Å²) in [6.45, 7) is -0.595. The summed E-state index contributed by atoms with van der Waals surface area (Å²) in [5, 5.41) is 4.37. The second-order valence-electron chi connectivity index (χ2n) is 0.958. The highest BCUT2D eigenvalue weighted by Crippen LogP contribution is 2.15. The molecular formula is C4H3ClF2O. The van der Waals surface area contributed by atoms with Crippen molar-refractivity contribution in [3.63, 3.8) is 0 Å². The maximum Gasteiger partial charge on any atom is 0.386 e. The molecule has 1 N–H and O–H groups in total. The van der Waals surface area contributed by atoms with E-state index >= 15 is 0 Å². The second kappa shape index (κ2) is 2.85. The molecule has 4 heteroatoms. The van der Waals surface area contributed by atoms with Crippen LogP contribution in [0.15, 0.2) is 0 Å². The molecule has 0 aromatic heterocycles. The summed E-state index contributed by atoms with van der Waals surface area (Å²) >= 11 is 4.29. The maximum atomic E-state index is 11.4. The van der Waals surface area contributed by atoms with Crippen LogP contribution in [0.5, 0.6) is 0 Å². The van der Waals surface area contributed by atoms with Crippen molar-refractivity contribution in [1.82, 2.24) is 0 Å². The third-order valence-corrected chi connectivity index (χ3v) is 0.404.